The number of anilines is 1. The van der Waals surface area contributed by atoms with Crippen LogP contribution in [-0.2, 0) is 26.2 Å². The number of fused-ring (bicyclic) bond motifs is 1. The summed E-state index contributed by atoms with van der Waals surface area (Å²) in [6.45, 7) is 6.86. The molecule has 0 unspecified atom stereocenters. The van der Waals surface area contributed by atoms with Gasteiger partial charge >= 0.3 is 0 Å². The van der Waals surface area contributed by atoms with Gasteiger partial charge in [0.2, 0.25) is 28.6 Å². The van der Waals surface area contributed by atoms with Gasteiger partial charge < -0.3 is 24.4 Å². The number of ether oxygens (including phenoxy) is 3. The van der Waals surface area contributed by atoms with Gasteiger partial charge in [0.05, 0.1) is 18.6 Å². The van der Waals surface area contributed by atoms with E-state index in [1.807, 2.05) is 26.8 Å². The first-order valence-electron chi connectivity index (χ1n) is 12.8. The number of hydrogen-bond acceptors (Lipinski definition) is 7. The highest BCUT2D eigenvalue weighted by Crippen LogP contribution is 2.36. The topological polar surface area (TPSA) is 114 Å². The highest BCUT2D eigenvalue weighted by Gasteiger charge is 2.33. The standard InChI is InChI=1S/C27H37N3O7S/c1-6-19(4)28-27(32)23(7-2)29(16-20-10-9-11-22(14-20)35-5)26(31)17-30(38(33,34)8-3)21-12-13-24-25(15-21)37-18-36-24/h9-15,19,23H,6-8,16-18H2,1-5H3,(H,28,32)/t19-,23-/m1/s1. The van der Waals surface area contributed by atoms with Gasteiger partial charge in [-0.2, -0.15) is 0 Å². The molecular weight excluding hydrogens is 510 g/mol. The van der Waals surface area contributed by atoms with Crippen molar-refractivity contribution in [1.29, 1.82) is 0 Å². The van der Waals surface area contributed by atoms with E-state index < -0.39 is 28.5 Å². The Hall–Kier alpha value is -3.47. The molecule has 0 aromatic heterocycles. The summed E-state index contributed by atoms with van der Waals surface area (Å²) < 4.78 is 43.4. The summed E-state index contributed by atoms with van der Waals surface area (Å²) in [5.74, 6) is 0.513. The third-order valence-corrected chi connectivity index (χ3v) is 8.24. The lowest BCUT2D eigenvalue weighted by Gasteiger charge is -2.33. The summed E-state index contributed by atoms with van der Waals surface area (Å²) in [5, 5.41) is 2.96. The normalized spacial score (nSPS) is 13.9. The van der Waals surface area contributed by atoms with E-state index >= 15 is 0 Å². The fraction of sp³-hybridized carbons (Fsp3) is 0.481. The lowest BCUT2D eigenvalue weighted by atomic mass is 10.1. The van der Waals surface area contributed by atoms with E-state index in [-0.39, 0.29) is 36.7 Å². The molecule has 0 saturated heterocycles. The molecule has 1 aliphatic rings. The van der Waals surface area contributed by atoms with Gasteiger partial charge in [0, 0.05) is 18.7 Å². The molecule has 2 atom stereocenters. The quantitative estimate of drug-likeness (QED) is 0.409. The highest BCUT2D eigenvalue weighted by atomic mass is 32.2. The van der Waals surface area contributed by atoms with Gasteiger partial charge in [-0.05, 0) is 56.5 Å². The Labute approximate surface area is 224 Å². The zero-order valence-corrected chi connectivity index (χ0v) is 23.4. The minimum atomic E-state index is -3.85. The maximum atomic E-state index is 13.9. The summed E-state index contributed by atoms with van der Waals surface area (Å²) in [4.78, 5) is 28.6. The van der Waals surface area contributed by atoms with Gasteiger partial charge in [-0.1, -0.05) is 26.0 Å². The van der Waals surface area contributed by atoms with Crippen LogP contribution in [0.25, 0.3) is 0 Å². The van der Waals surface area contributed by atoms with Crippen molar-refractivity contribution in [2.75, 3.05) is 30.5 Å². The Morgan fingerprint density at radius 1 is 1.05 bits per heavy atom. The van der Waals surface area contributed by atoms with E-state index in [1.54, 1.807) is 43.5 Å². The predicted octanol–water partition coefficient (Wildman–Crippen LogP) is 3.30. The van der Waals surface area contributed by atoms with Crippen molar-refractivity contribution >= 4 is 27.5 Å². The smallest absolute Gasteiger partial charge is 0.244 e. The van der Waals surface area contributed by atoms with Gasteiger partial charge in [0.1, 0.15) is 18.3 Å². The third-order valence-electron chi connectivity index (χ3n) is 6.50. The molecule has 0 fully saturated rings. The van der Waals surface area contributed by atoms with Gasteiger partial charge in [0.15, 0.2) is 11.5 Å². The second-order valence-electron chi connectivity index (χ2n) is 9.06. The number of benzene rings is 2. The number of hydrogen-bond donors (Lipinski definition) is 1. The van der Waals surface area contributed by atoms with Crippen molar-refractivity contribution in [3.8, 4) is 17.2 Å². The van der Waals surface area contributed by atoms with Crippen LogP contribution < -0.4 is 23.8 Å². The van der Waals surface area contributed by atoms with E-state index in [2.05, 4.69) is 5.32 Å². The van der Waals surface area contributed by atoms with Crippen LogP contribution in [0.3, 0.4) is 0 Å². The van der Waals surface area contributed by atoms with Crippen molar-refractivity contribution in [3.63, 3.8) is 0 Å². The number of amides is 2. The largest absolute Gasteiger partial charge is 0.497 e. The van der Waals surface area contributed by atoms with Crippen molar-refractivity contribution in [2.45, 2.75) is 59.2 Å². The van der Waals surface area contributed by atoms with Crippen LogP contribution in [0.5, 0.6) is 17.2 Å². The van der Waals surface area contributed by atoms with E-state index in [1.165, 1.54) is 11.8 Å². The molecule has 1 N–H and O–H groups in total. The Morgan fingerprint density at radius 2 is 1.79 bits per heavy atom. The fourth-order valence-electron chi connectivity index (χ4n) is 4.09. The molecular formula is C27H37N3O7S. The van der Waals surface area contributed by atoms with Gasteiger partial charge in [-0.15, -0.1) is 0 Å². The lowest BCUT2D eigenvalue weighted by molar-refractivity contribution is -0.140. The molecule has 0 saturated carbocycles. The molecule has 0 spiro atoms. The first-order chi connectivity index (χ1) is 18.1. The monoisotopic (exact) mass is 547 g/mol. The van der Waals surface area contributed by atoms with Crippen molar-refractivity contribution in [3.05, 3.63) is 48.0 Å². The molecule has 0 radical (unpaired) electrons. The second kappa shape index (κ2) is 12.9. The fourth-order valence-corrected chi connectivity index (χ4v) is 5.14. The minimum Gasteiger partial charge on any atom is -0.497 e. The molecule has 2 amide bonds. The summed E-state index contributed by atoms with van der Waals surface area (Å²) in [7, 11) is -2.30. The molecule has 1 heterocycles. The van der Waals surface area contributed by atoms with Crippen LogP contribution in [0.4, 0.5) is 5.69 Å². The first-order valence-corrected chi connectivity index (χ1v) is 14.4. The number of carbonyl (C=O) groups excluding carboxylic acids is 2. The van der Waals surface area contributed by atoms with E-state index in [0.717, 1.165) is 16.3 Å². The minimum absolute atomic E-state index is 0.0377. The van der Waals surface area contributed by atoms with Crippen LogP contribution >= 0.6 is 0 Å². The Morgan fingerprint density at radius 3 is 2.45 bits per heavy atom. The second-order valence-corrected chi connectivity index (χ2v) is 11.2. The number of carbonyl (C=O) groups is 2. The van der Waals surface area contributed by atoms with Gasteiger partial charge in [-0.3, -0.25) is 13.9 Å². The molecule has 1 aliphatic heterocycles. The highest BCUT2D eigenvalue weighted by molar-refractivity contribution is 7.92. The number of nitrogens with zero attached hydrogens (tertiary/aromatic N) is 2. The Bertz CT molecular complexity index is 1230. The van der Waals surface area contributed by atoms with Crippen molar-refractivity contribution in [2.24, 2.45) is 0 Å². The number of rotatable bonds is 13. The predicted molar refractivity (Wildman–Crippen MR) is 145 cm³/mol. The lowest BCUT2D eigenvalue weighted by Crippen LogP contribution is -2.53. The molecule has 0 aliphatic carbocycles. The van der Waals surface area contributed by atoms with Crippen molar-refractivity contribution < 1.29 is 32.2 Å². The van der Waals surface area contributed by atoms with E-state index in [4.69, 9.17) is 14.2 Å². The first kappa shape index (κ1) is 29.1. The van der Waals surface area contributed by atoms with Crippen LogP contribution in [0.1, 0.15) is 46.1 Å². The SMILES string of the molecule is CC[C@@H](C)NC(=O)[C@@H](CC)N(Cc1cccc(OC)c1)C(=O)CN(c1ccc2c(c1)OCO2)S(=O)(=O)CC. The zero-order valence-electron chi connectivity index (χ0n) is 22.6. The summed E-state index contributed by atoms with van der Waals surface area (Å²) in [6, 6.07) is 11.1. The number of sulfonamides is 1. The third kappa shape index (κ3) is 6.89. The molecule has 3 rings (SSSR count). The molecule has 208 valence electrons. The average molecular weight is 548 g/mol. The molecule has 2 aromatic rings. The molecule has 38 heavy (non-hydrogen) atoms. The summed E-state index contributed by atoms with van der Waals surface area (Å²) in [6.07, 6.45) is 1.08. The summed E-state index contributed by atoms with van der Waals surface area (Å²) in [5.41, 5.74) is 1.03. The van der Waals surface area contributed by atoms with E-state index in [0.29, 0.717) is 23.7 Å². The van der Waals surface area contributed by atoms with Crippen molar-refractivity contribution in [1.82, 2.24) is 10.2 Å². The zero-order chi connectivity index (χ0) is 27.9. The van der Waals surface area contributed by atoms with Crippen LogP contribution in [-0.4, -0.2) is 63.4 Å². The number of nitrogens with one attached hydrogen (secondary N) is 1. The summed E-state index contributed by atoms with van der Waals surface area (Å²) >= 11 is 0. The van der Waals surface area contributed by atoms with Gasteiger partial charge in [0.25, 0.3) is 0 Å². The van der Waals surface area contributed by atoms with E-state index in [9.17, 15) is 18.0 Å². The van der Waals surface area contributed by atoms with Crippen LogP contribution in [0.15, 0.2) is 42.5 Å². The number of methoxy groups -OCH3 is 1. The Balaban J connectivity index is 1.98. The average Bonchev–Trinajstić information content (AvgIpc) is 3.39. The molecule has 2 aromatic carbocycles. The maximum Gasteiger partial charge on any atom is 0.244 e. The maximum absolute atomic E-state index is 13.9. The van der Waals surface area contributed by atoms with Crippen LogP contribution in [0, 0.1) is 0 Å². The molecule has 11 heteroatoms. The molecule has 10 nitrogen and oxygen atoms in total. The molecule has 0 bridgehead atoms. The van der Waals surface area contributed by atoms with Crippen LogP contribution in [0.2, 0.25) is 0 Å². The van der Waals surface area contributed by atoms with Gasteiger partial charge in [-0.25, -0.2) is 8.42 Å². The Kier molecular flexibility index (Phi) is 9.84.